The highest BCUT2D eigenvalue weighted by Gasteiger charge is 2.38. The molecule has 0 unspecified atom stereocenters. The average molecular weight is 423 g/mol. The van der Waals surface area contributed by atoms with Crippen molar-refractivity contribution in [2.45, 2.75) is 103 Å². The van der Waals surface area contributed by atoms with Gasteiger partial charge in [-0.3, -0.25) is 0 Å². The van der Waals surface area contributed by atoms with Crippen molar-refractivity contribution in [2.75, 3.05) is 14.2 Å². The van der Waals surface area contributed by atoms with E-state index in [1.807, 2.05) is 14.2 Å². The Hall–Kier alpha value is -0.426. The van der Waals surface area contributed by atoms with Gasteiger partial charge in [0.1, 0.15) is 0 Å². The summed E-state index contributed by atoms with van der Waals surface area (Å²) in [6.45, 7) is 9.16. The molecule has 1 aromatic carbocycles. The van der Waals surface area contributed by atoms with Crippen molar-refractivity contribution in [3.05, 3.63) is 24.3 Å². The molecule has 28 heavy (non-hydrogen) atoms. The highest BCUT2D eigenvalue weighted by atomic mass is 28.4. The summed E-state index contributed by atoms with van der Waals surface area (Å²) in [5.74, 6) is 0. The van der Waals surface area contributed by atoms with Crippen LogP contribution in [0.1, 0.15) is 79.1 Å². The molecule has 0 bridgehead atoms. The second kappa shape index (κ2) is 13.7. The number of rotatable bonds is 16. The van der Waals surface area contributed by atoms with Gasteiger partial charge in [0.2, 0.25) is 16.6 Å². The van der Waals surface area contributed by atoms with E-state index in [4.69, 9.17) is 8.85 Å². The molecule has 1 rings (SSSR count). The molecule has 4 heteroatoms. The van der Waals surface area contributed by atoms with E-state index >= 15 is 0 Å². The summed E-state index contributed by atoms with van der Waals surface area (Å²) in [5, 5.41) is 2.98. The summed E-state index contributed by atoms with van der Waals surface area (Å²) < 4.78 is 12.7. The van der Waals surface area contributed by atoms with Gasteiger partial charge in [-0.15, -0.1) is 0 Å². The van der Waals surface area contributed by atoms with Crippen molar-refractivity contribution < 1.29 is 8.85 Å². The van der Waals surface area contributed by atoms with Crippen LogP contribution in [0.2, 0.25) is 24.2 Å². The van der Waals surface area contributed by atoms with E-state index in [1.165, 1.54) is 85.9 Å². The van der Waals surface area contributed by atoms with E-state index in [1.54, 1.807) is 0 Å². The van der Waals surface area contributed by atoms with Crippen LogP contribution in [0, 0.1) is 0 Å². The number of benzene rings is 1. The molecular formula is C24H46O2Si2. The molecule has 2 nitrogen and oxygen atoms in total. The van der Waals surface area contributed by atoms with E-state index in [0.29, 0.717) is 0 Å². The van der Waals surface area contributed by atoms with E-state index in [0.717, 1.165) is 0 Å². The van der Waals surface area contributed by atoms with Gasteiger partial charge in [0.25, 0.3) is 0 Å². The van der Waals surface area contributed by atoms with Gasteiger partial charge in [-0.2, -0.15) is 0 Å². The van der Waals surface area contributed by atoms with Crippen molar-refractivity contribution >= 4 is 27.0 Å². The molecule has 0 saturated carbocycles. The van der Waals surface area contributed by atoms with Crippen LogP contribution in [-0.2, 0) is 8.85 Å². The Morgan fingerprint density at radius 3 is 0.964 bits per heavy atom. The zero-order valence-electron chi connectivity index (χ0n) is 19.6. The van der Waals surface area contributed by atoms with Crippen molar-refractivity contribution in [2.24, 2.45) is 0 Å². The largest absolute Gasteiger partial charge is 0.415 e. The van der Waals surface area contributed by atoms with Crippen molar-refractivity contribution in [3.8, 4) is 0 Å². The molecule has 0 saturated heterocycles. The Labute approximate surface area is 177 Å². The van der Waals surface area contributed by atoms with Gasteiger partial charge in [-0.1, -0.05) is 103 Å². The van der Waals surface area contributed by atoms with E-state index < -0.39 is 16.6 Å². The predicted molar refractivity (Wildman–Crippen MR) is 130 cm³/mol. The van der Waals surface area contributed by atoms with Crippen LogP contribution in [-0.4, -0.2) is 30.9 Å². The van der Waals surface area contributed by atoms with Crippen LogP contribution >= 0.6 is 0 Å². The summed E-state index contributed by atoms with van der Waals surface area (Å²) in [6.07, 6.45) is 10.1. The van der Waals surface area contributed by atoms with Crippen LogP contribution in [0.5, 0.6) is 0 Å². The van der Waals surface area contributed by atoms with Crippen LogP contribution in [0.15, 0.2) is 24.3 Å². The minimum atomic E-state index is -1.86. The first-order chi connectivity index (χ1) is 13.6. The molecule has 0 aliphatic rings. The monoisotopic (exact) mass is 422 g/mol. The molecule has 1 aromatic rings. The van der Waals surface area contributed by atoms with Gasteiger partial charge in [0, 0.05) is 14.2 Å². The van der Waals surface area contributed by atoms with Crippen molar-refractivity contribution in [1.82, 2.24) is 0 Å². The van der Waals surface area contributed by atoms with E-state index in [9.17, 15) is 0 Å². The smallest absolute Gasteiger partial charge is 0.223 e. The summed E-state index contributed by atoms with van der Waals surface area (Å²) in [6, 6.07) is 14.6. The lowest BCUT2D eigenvalue weighted by molar-refractivity contribution is 0.397. The molecule has 0 aliphatic heterocycles. The average Bonchev–Trinajstić information content (AvgIpc) is 2.75. The first-order valence-electron chi connectivity index (χ1n) is 11.8. The molecule has 0 N–H and O–H groups in total. The Bertz CT molecular complexity index is 453. The summed E-state index contributed by atoms with van der Waals surface area (Å²) in [4.78, 5) is 0. The van der Waals surface area contributed by atoms with Crippen LogP contribution in [0.3, 0.4) is 0 Å². The molecule has 0 aliphatic carbocycles. The summed E-state index contributed by atoms with van der Waals surface area (Å²) >= 11 is 0. The maximum Gasteiger partial charge on any atom is 0.223 e. The third kappa shape index (κ3) is 6.82. The third-order valence-electron chi connectivity index (χ3n) is 6.46. The van der Waals surface area contributed by atoms with Crippen molar-refractivity contribution in [1.29, 1.82) is 0 Å². The second-order valence-electron chi connectivity index (χ2n) is 8.39. The number of hydrogen-bond acceptors (Lipinski definition) is 2. The maximum atomic E-state index is 6.33. The number of unbranched alkanes of at least 4 members (excludes halogenated alkanes) is 4. The zero-order chi connectivity index (χ0) is 20.9. The molecule has 0 atom stereocenters. The quantitative estimate of drug-likeness (QED) is 0.284. The molecule has 0 amide bonds. The number of hydrogen-bond donors (Lipinski definition) is 0. The first kappa shape index (κ1) is 25.6. The SMILES string of the molecule is CCCC[Si](CCCC)(OC)c1ccc([Si](CCCC)(CCCC)OC)cc1. The van der Waals surface area contributed by atoms with Gasteiger partial charge in [0.15, 0.2) is 0 Å². The molecule has 162 valence electrons. The fraction of sp³-hybridized carbons (Fsp3) is 0.750. The first-order valence-corrected chi connectivity index (χ1v) is 16.4. The Morgan fingerprint density at radius 2 is 0.786 bits per heavy atom. The van der Waals surface area contributed by atoms with E-state index in [-0.39, 0.29) is 0 Å². The maximum absolute atomic E-state index is 6.33. The molecular weight excluding hydrogens is 376 g/mol. The standard InChI is InChI=1S/C24H46O2Si2/c1-7-11-19-27(25-5,20-12-8-2)23-15-17-24(18-16-23)28(26-6,21-13-9-3)22-14-10-4/h15-18H,7-14,19-22H2,1-6H3. The normalized spacial score (nSPS) is 12.5. The Balaban J connectivity index is 3.20. The molecule has 0 heterocycles. The lowest BCUT2D eigenvalue weighted by Crippen LogP contribution is -2.53. The van der Waals surface area contributed by atoms with Gasteiger partial charge >= 0.3 is 0 Å². The summed E-state index contributed by atoms with van der Waals surface area (Å²) in [5.41, 5.74) is 0. The minimum Gasteiger partial charge on any atom is -0.415 e. The Morgan fingerprint density at radius 1 is 0.536 bits per heavy atom. The van der Waals surface area contributed by atoms with Gasteiger partial charge in [-0.05, 0) is 34.5 Å². The lowest BCUT2D eigenvalue weighted by Gasteiger charge is -2.33. The molecule has 0 aromatic heterocycles. The second-order valence-corrected chi connectivity index (χ2v) is 16.3. The van der Waals surface area contributed by atoms with Crippen LogP contribution in [0.4, 0.5) is 0 Å². The topological polar surface area (TPSA) is 18.5 Å². The fourth-order valence-corrected chi connectivity index (χ4v) is 12.6. The van der Waals surface area contributed by atoms with Crippen LogP contribution < -0.4 is 10.4 Å². The molecule has 0 fully saturated rings. The van der Waals surface area contributed by atoms with Crippen LogP contribution in [0.25, 0.3) is 0 Å². The lowest BCUT2D eigenvalue weighted by atomic mass is 10.3. The van der Waals surface area contributed by atoms with Gasteiger partial charge in [-0.25, -0.2) is 0 Å². The van der Waals surface area contributed by atoms with E-state index in [2.05, 4.69) is 52.0 Å². The van der Waals surface area contributed by atoms with Gasteiger partial charge in [0.05, 0.1) is 0 Å². The van der Waals surface area contributed by atoms with Crippen molar-refractivity contribution in [3.63, 3.8) is 0 Å². The summed E-state index contributed by atoms with van der Waals surface area (Å²) in [7, 11) is 0.209. The van der Waals surface area contributed by atoms with Gasteiger partial charge < -0.3 is 8.85 Å². The predicted octanol–water partition coefficient (Wildman–Crippen LogP) is 6.48. The zero-order valence-corrected chi connectivity index (χ0v) is 21.6. The molecule has 0 spiro atoms. The fourth-order valence-electron chi connectivity index (χ4n) is 4.40. The molecule has 0 radical (unpaired) electrons. The highest BCUT2D eigenvalue weighted by Crippen LogP contribution is 2.25. The minimum absolute atomic E-state index is 1.25. The Kier molecular flexibility index (Phi) is 12.6. The third-order valence-corrected chi connectivity index (χ3v) is 15.4. The highest BCUT2D eigenvalue weighted by molar-refractivity contribution is 6.88.